The van der Waals surface area contributed by atoms with Crippen LogP contribution in [0.25, 0.3) is 12.2 Å². The van der Waals surface area contributed by atoms with E-state index in [1.54, 1.807) is 11.3 Å². The molecular formula is C38H54N3O2S3+. The molecule has 0 bridgehead atoms. The molecule has 7 rings (SSSR count). The van der Waals surface area contributed by atoms with Crippen LogP contribution in [0, 0.1) is 17.8 Å². The van der Waals surface area contributed by atoms with Gasteiger partial charge in [-0.25, -0.2) is 4.58 Å². The van der Waals surface area contributed by atoms with Gasteiger partial charge in [-0.1, -0.05) is 33.1 Å². The van der Waals surface area contributed by atoms with Gasteiger partial charge in [-0.2, -0.15) is 0 Å². The first-order chi connectivity index (χ1) is 22.4. The minimum Gasteiger partial charge on any atom is -0.490 e. The van der Waals surface area contributed by atoms with Gasteiger partial charge in [0.1, 0.15) is 18.4 Å². The summed E-state index contributed by atoms with van der Waals surface area (Å²) in [4.78, 5) is 16.3. The lowest BCUT2D eigenvalue weighted by Crippen LogP contribution is -2.39. The van der Waals surface area contributed by atoms with E-state index >= 15 is 0 Å². The summed E-state index contributed by atoms with van der Waals surface area (Å²) in [6.45, 7) is 14.3. The number of hydrogen-bond donors (Lipinski definition) is 0. The van der Waals surface area contributed by atoms with Gasteiger partial charge in [-0.05, 0) is 113 Å². The Bertz CT molecular complexity index is 1620. The van der Waals surface area contributed by atoms with Crippen molar-refractivity contribution in [2.45, 2.75) is 134 Å². The van der Waals surface area contributed by atoms with Crippen molar-refractivity contribution in [1.29, 1.82) is 0 Å². The van der Waals surface area contributed by atoms with Gasteiger partial charge in [0.05, 0.1) is 25.6 Å². The zero-order valence-electron chi connectivity index (χ0n) is 28.6. The Kier molecular flexibility index (Phi) is 10.1. The van der Waals surface area contributed by atoms with Crippen LogP contribution in [-0.4, -0.2) is 60.9 Å². The Morgan fingerprint density at radius 1 is 0.913 bits per heavy atom. The zero-order chi connectivity index (χ0) is 31.9. The smallest absolute Gasteiger partial charge is 0.269 e. The first-order valence-corrected chi connectivity index (χ1v) is 20.9. The Balaban J connectivity index is 1.24. The van der Waals surface area contributed by atoms with Crippen LogP contribution < -0.4 is 14.8 Å². The number of aromatic nitrogens is 1. The number of thiazole rings is 1. The first-order valence-electron chi connectivity index (χ1n) is 18.3. The highest BCUT2D eigenvalue weighted by molar-refractivity contribution is 8.14. The molecule has 0 radical (unpaired) electrons. The second-order valence-corrected chi connectivity index (χ2v) is 18.1. The molecule has 8 unspecified atom stereocenters. The van der Waals surface area contributed by atoms with Crippen molar-refractivity contribution >= 4 is 52.1 Å². The number of allylic oxidation sites excluding steroid dienone is 2. The van der Waals surface area contributed by atoms with Crippen LogP contribution in [0.4, 0.5) is 0 Å². The number of nitrogens with zero attached hydrogens (tertiary/aromatic N) is 3. The van der Waals surface area contributed by atoms with E-state index in [4.69, 9.17) is 4.74 Å². The van der Waals surface area contributed by atoms with Crippen molar-refractivity contribution in [2.24, 2.45) is 17.8 Å². The summed E-state index contributed by atoms with van der Waals surface area (Å²) >= 11 is 5.79. The fraction of sp³-hybridized carbons (Fsp3) is 0.684. The lowest BCUT2D eigenvalue weighted by Gasteiger charge is -2.36. The molecule has 0 amide bonds. The summed E-state index contributed by atoms with van der Waals surface area (Å²) in [5, 5.41) is 4.13. The van der Waals surface area contributed by atoms with E-state index in [2.05, 4.69) is 86.2 Å². The van der Waals surface area contributed by atoms with Crippen molar-refractivity contribution in [3.63, 3.8) is 0 Å². The Hall–Kier alpha value is -1.64. The highest BCUT2D eigenvalue weighted by atomic mass is 32.2. The zero-order valence-corrected chi connectivity index (χ0v) is 31.0. The third-order valence-corrected chi connectivity index (χ3v) is 15.7. The van der Waals surface area contributed by atoms with E-state index < -0.39 is 0 Å². The van der Waals surface area contributed by atoms with Crippen molar-refractivity contribution in [3.05, 3.63) is 54.1 Å². The molecule has 1 aromatic heterocycles. The molecule has 0 spiro atoms. The molecule has 4 heterocycles. The van der Waals surface area contributed by atoms with Crippen molar-refractivity contribution in [3.8, 4) is 0 Å². The summed E-state index contributed by atoms with van der Waals surface area (Å²) in [5.41, 5.74) is 1.49. The molecule has 6 aliphatic rings. The maximum absolute atomic E-state index is 13.7. The number of thioether (sulfide) groups is 2. The largest absolute Gasteiger partial charge is 0.490 e. The predicted octanol–water partition coefficient (Wildman–Crippen LogP) is 7.09. The van der Waals surface area contributed by atoms with Crippen LogP contribution in [0.1, 0.15) is 98.8 Å². The number of ether oxygens (including phenoxy) is 1. The lowest BCUT2D eigenvalue weighted by molar-refractivity contribution is -0.560. The topological polar surface area (TPSA) is 37.5 Å². The fourth-order valence-electron chi connectivity index (χ4n) is 9.04. The van der Waals surface area contributed by atoms with Crippen LogP contribution in [0.2, 0.25) is 0 Å². The SMILES string of the molecule is CCN1C(=C/C=c2/sc(=CC3=CC(=CC4=[N+](CC)C5CC(C)C(C)CC5S4)OC4CCCCC34)n(CC)c2=O)SC2CCCCC21. The summed E-state index contributed by atoms with van der Waals surface area (Å²) < 4.78 is 13.3. The van der Waals surface area contributed by atoms with E-state index in [9.17, 15) is 4.79 Å². The summed E-state index contributed by atoms with van der Waals surface area (Å²) in [5.74, 6) is 2.98. The molecule has 5 nitrogen and oxygen atoms in total. The van der Waals surface area contributed by atoms with Gasteiger partial charge in [0.25, 0.3) is 5.56 Å². The highest BCUT2D eigenvalue weighted by Crippen LogP contribution is 2.46. The predicted molar refractivity (Wildman–Crippen MR) is 198 cm³/mol. The van der Waals surface area contributed by atoms with Gasteiger partial charge in [0.2, 0.25) is 5.04 Å². The van der Waals surface area contributed by atoms with Gasteiger partial charge in [0.15, 0.2) is 6.04 Å². The molecule has 0 N–H and O–H groups in total. The number of fused-ring (bicyclic) bond motifs is 3. The van der Waals surface area contributed by atoms with Crippen LogP contribution in [0.3, 0.4) is 0 Å². The molecule has 8 atom stereocenters. The molecule has 250 valence electrons. The van der Waals surface area contributed by atoms with Gasteiger partial charge in [-0.3, -0.25) is 9.36 Å². The maximum Gasteiger partial charge on any atom is 0.269 e. The monoisotopic (exact) mass is 680 g/mol. The molecular weight excluding hydrogens is 627 g/mol. The Labute approximate surface area is 288 Å². The standard InChI is InChI=1S/C38H54N3O2S3/c1-6-39-29-14-10-12-16-32(29)44-35(39)18-17-33-38(42)41(8-3)36(45-33)22-26-21-27(43-31-15-11-9-13-28(26)31)23-37-40(7-2)30-19-24(4)25(5)20-34(30)46-37/h17-18,21-25,28-32,34H,6-16,19-20H2,1-5H3/q+1/b33-17+,35-18?. The third-order valence-electron chi connectivity index (χ3n) is 11.8. The quantitative estimate of drug-likeness (QED) is 0.300. The van der Waals surface area contributed by atoms with Crippen molar-refractivity contribution < 1.29 is 9.31 Å². The minimum absolute atomic E-state index is 0.144. The molecule has 1 saturated heterocycles. The normalized spacial score (nSPS) is 37.1. The van der Waals surface area contributed by atoms with Crippen molar-refractivity contribution in [1.82, 2.24) is 9.47 Å². The van der Waals surface area contributed by atoms with E-state index in [1.807, 2.05) is 16.3 Å². The second kappa shape index (κ2) is 14.1. The van der Waals surface area contributed by atoms with Gasteiger partial charge < -0.3 is 9.64 Å². The van der Waals surface area contributed by atoms with Crippen LogP contribution >= 0.6 is 34.9 Å². The summed E-state index contributed by atoms with van der Waals surface area (Å²) in [7, 11) is 0. The van der Waals surface area contributed by atoms with Gasteiger partial charge >= 0.3 is 0 Å². The van der Waals surface area contributed by atoms with Crippen LogP contribution in [0.5, 0.6) is 0 Å². The molecule has 3 aliphatic heterocycles. The maximum atomic E-state index is 13.7. The van der Waals surface area contributed by atoms with Crippen LogP contribution in [-0.2, 0) is 11.3 Å². The van der Waals surface area contributed by atoms with E-state index in [-0.39, 0.29) is 11.7 Å². The molecule has 0 aromatic carbocycles. The van der Waals surface area contributed by atoms with Crippen molar-refractivity contribution in [2.75, 3.05) is 13.1 Å². The lowest BCUT2D eigenvalue weighted by atomic mass is 9.78. The van der Waals surface area contributed by atoms with E-state index in [0.717, 1.165) is 52.7 Å². The third kappa shape index (κ3) is 6.29. The summed E-state index contributed by atoms with van der Waals surface area (Å²) in [6.07, 6.45) is 24.2. The minimum atomic E-state index is 0.144. The number of hydrogen-bond acceptors (Lipinski definition) is 6. The van der Waals surface area contributed by atoms with E-state index in [1.165, 1.54) is 67.0 Å². The number of rotatable bonds is 6. The molecule has 3 aliphatic carbocycles. The van der Waals surface area contributed by atoms with Crippen LogP contribution in [0.15, 0.2) is 39.4 Å². The molecule has 1 aromatic rings. The molecule has 3 saturated carbocycles. The fourth-order valence-corrected chi connectivity index (χ4v) is 13.4. The summed E-state index contributed by atoms with van der Waals surface area (Å²) in [6, 6.07) is 1.30. The van der Waals surface area contributed by atoms with E-state index in [0.29, 0.717) is 35.0 Å². The average molecular weight is 681 g/mol. The highest BCUT2D eigenvalue weighted by Gasteiger charge is 2.47. The molecule has 4 fully saturated rings. The first kappa shape index (κ1) is 32.9. The Morgan fingerprint density at radius 3 is 2.50 bits per heavy atom. The molecule has 46 heavy (non-hydrogen) atoms. The average Bonchev–Trinajstić information content (AvgIpc) is 3.69. The van der Waals surface area contributed by atoms with Gasteiger partial charge in [-0.15, -0.1) is 23.1 Å². The second-order valence-electron chi connectivity index (χ2n) is 14.5. The Morgan fingerprint density at radius 2 is 1.70 bits per heavy atom. The molecule has 8 heteroatoms. The van der Waals surface area contributed by atoms with Gasteiger partial charge in [0, 0.05) is 36.7 Å².